The molecule has 4 heteroatoms. The molecule has 0 saturated heterocycles. The number of esters is 1. The maximum atomic E-state index is 12.0. The lowest BCUT2D eigenvalue weighted by Crippen LogP contribution is -2.29. The summed E-state index contributed by atoms with van der Waals surface area (Å²) < 4.78 is 5.59. The molecule has 0 heterocycles. The van der Waals surface area contributed by atoms with E-state index in [0.29, 0.717) is 19.4 Å². The van der Waals surface area contributed by atoms with Crippen molar-refractivity contribution in [3.63, 3.8) is 0 Å². The standard InChI is InChI=1S/C22H43NO3/c1-4-7-9-10-11-12-13-14-16-17-20(19-21(24)23-6-3)26-22(25)18-15-8-5-2/h20H,4-19H2,1-3H3,(H,23,24)/t20-/m1/s1. The highest BCUT2D eigenvalue weighted by molar-refractivity contribution is 5.77. The first-order valence-electron chi connectivity index (χ1n) is 11.1. The average molecular weight is 370 g/mol. The Morgan fingerprint density at radius 3 is 1.88 bits per heavy atom. The first kappa shape index (κ1) is 24.9. The molecular formula is C22H43NO3. The summed E-state index contributed by atoms with van der Waals surface area (Å²) in [7, 11) is 0. The van der Waals surface area contributed by atoms with E-state index in [9.17, 15) is 9.59 Å². The molecular weight excluding hydrogens is 326 g/mol. The first-order chi connectivity index (χ1) is 12.6. The molecule has 0 bridgehead atoms. The van der Waals surface area contributed by atoms with Crippen molar-refractivity contribution in [1.29, 1.82) is 0 Å². The Kier molecular flexibility index (Phi) is 18.0. The molecule has 154 valence electrons. The highest BCUT2D eigenvalue weighted by Gasteiger charge is 2.17. The zero-order valence-electron chi connectivity index (χ0n) is 17.6. The molecule has 0 aliphatic carbocycles. The smallest absolute Gasteiger partial charge is 0.306 e. The van der Waals surface area contributed by atoms with Crippen LogP contribution in [0.15, 0.2) is 0 Å². The van der Waals surface area contributed by atoms with Gasteiger partial charge >= 0.3 is 5.97 Å². The van der Waals surface area contributed by atoms with Gasteiger partial charge in [0.05, 0.1) is 6.42 Å². The van der Waals surface area contributed by atoms with Gasteiger partial charge in [0.15, 0.2) is 0 Å². The van der Waals surface area contributed by atoms with Gasteiger partial charge in [-0.2, -0.15) is 0 Å². The highest BCUT2D eigenvalue weighted by Crippen LogP contribution is 2.15. The van der Waals surface area contributed by atoms with Crippen LogP contribution in [-0.2, 0) is 14.3 Å². The van der Waals surface area contributed by atoms with Gasteiger partial charge in [-0.05, 0) is 26.2 Å². The van der Waals surface area contributed by atoms with Crippen molar-refractivity contribution in [3.05, 3.63) is 0 Å². The summed E-state index contributed by atoms with van der Waals surface area (Å²) in [6.07, 6.45) is 15.7. The number of ether oxygens (including phenoxy) is 1. The van der Waals surface area contributed by atoms with Crippen LogP contribution in [0, 0.1) is 0 Å². The van der Waals surface area contributed by atoms with E-state index in [4.69, 9.17) is 4.74 Å². The molecule has 0 rings (SSSR count). The average Bonchev–Trinajstić information content (AvgIpc) is 2.60. The van der Waals surface area contributed by atoms with Crippen LogP contribution in [0.2, 0.25) is 0 Å². The van der Waals surface area contributed by atoms with Gasteiger partial charge in [0.2, 0.25) is 5.91 Å². The SMILES string of the molecule is CCCCCCCCCCC[C@H](CC(=O)NCC)OC(=O)CCCCC. The Morgan fingerprint density at radius 2 is 1.31 bits per heavy atom. The fourth-order valence-corrected chi connectivity index (χ4v) is 3.13. The molecule has 0 unspecified atom stereocenters. The van der Waals surface area contributed by atoms with Gasteiger partial charge in [-0.1, -0.05) is 78.1 Å². The minimum Gasteiger partial charge on any atom is -0.462 e. The fourth-order valence-electron chi connectivity index (χ4n) is 3.13. The summed E-state index contributed by atoms with van der Waals surface area (Å²) in [5.41, 5.74) is 0. The van der Waals surface area contributed by atoms with Crippen LogP contribution in [0.3, 0.4) is 0 Å². The molecule has 4 nitrogen and oxygen atoms in total. The predicted octanol–water partition coefficient (Wildman–Crippen LogP) is 5.93. The van der Waals surface area contributed by atoms with Gasteiger partial charge in [-0.25, -0.2) is 0 Å². The number of carbonyl (C=O) groups is 2. The summed E-state index contributed by atoms with van der Waals surface area (Å²) in [6.45, 7) is 6.89. The lowest BCUT2D eigenvalue weighted by molar-refractivity contribution is -0.150. The molecule has 0 radical (unpaired) electrons. The first-order valence-corrected chi connectivity index (χ1v) is 11.1. The molecule has 0 aromatic heterocycles. The maximum absolute atomic E-state index is 12.0. The van der Waals surface area contributed by atoms with Crippen molar-refractivity contribution in [1.82, 2.24) is 5.32 Å². The molecule has 0 aromatic rings. The Balaban J connectivity index is 3.99. The van der Waals surface area contributed by atoms with Crippen LogP contribution < -0.4 is 5.32 Å². The molecule has 0 aliphatic rings. The van der Waals surface area contributed by atoms with Crippen molar-refractivity contribution < 1.29 is 14.3 Å². The quantitative estimate of drug-likeness (QED) is 0.241. The number of amides is 1. The lowest BCUT2D eigenvalue weighted by atomic mass is 10.0. The zero-order chi connectivity index (χ0) is 19.5. The van der Waals surface area contributed by atoms with E-state index in [1.165, 1.54) is 44.9 Å². The fraction of sp³-hybridized carbons (Fsp3) is 0.909. The van der Waals surface area contributed by atoms with E-state index in [1.54, 1.807) is 0 Å². The highest BCUT2D eigenvalue weighted by atomic mass is 16.5. The van der Waals surface area contributed by atoms with Gasteiger partial charge in [-0.15, -0.1) is 0 Å². The van der Waals surface area contributed by atoms with Crippen molar-refractivity contribution in [2.45, 2.75) is 123 Å². The number of unbranched alkanes of at least 4 members (excludes halogenated alkanes) is 10. The molecule has 0 aliphatic heterocycles. The molecule has 1 amide bonds. The Labute approximate surface area is 161 Å². The molecule has 0 aromatic carbocycles. The summed E-state index contributed by atoms with van der Waals surface area (Å²) >= 11 is 0. The number of nitrogens with one attached hydrogen (secondary N) is 1. The van der Waals surface area contributed by atoms with Gasteiger partial charge < -0.3 is 10.1 Å². The minimum absolute atomic E-state index is 0.0187. The van der Waals surface area contributed by atoms with E-state index in [0.717, 1.165) is 38.5 Å². The Bertz CT molecular complexity index is 344. The number of hydrogen-bond donors (Lipinski definition) is 1. The van der Waals surface area contributed by atoms with Crippen LogP contribution in [-0.4, -0.2) is 24.5 Å². The topological polar surface area (TPSA) is 55.4 Å². The second-order valence-electron chi connectivity index (χ2n) is 7.34. The lowest BCUT2D eigenvalue weighted by Gasteiger charge is -2.17. The van der Waals surface area contributed by atoms with E-state index in [2.05, 4.69) is 19.2 Å². The third-order valence-corrected chi connectivity index (χ3v) is 4.70. The third-order valence-electron chi connectivity index (χ3n) is 4.70. The number of carbonyl (C=O) groups excluding carboxylic acids is 2. The normalized spacial score (nSPS) is 12.0. The van der Waals surface area contributed by atoms with Gasteiger partial charge in [0.25, 0.3) is 0 Å². The zero-order valence-corrected chi connectivity index (χ0v) is 17.6. The Morgan fingerprint density at radius 1 is 0.769 bits per heavy atom. The second kappa shape index (κ2) is 18.7. The van der Waals surface area contributed by atoms with Crippen LogP contribution in [0.1, 0.15) is 117 Å². The largest absolute Gasteiger partial charge is 0.462 e. The van der Waals surface area contributed by atoms with E-state index >= 15 is 0 Å². The summed E-state index contributed by atoms with van der Waals surface area (Å²) in [6, 6.07) is 0. The van der Waals surface area contributed by atoms with Gasteiger partial charge in [0, 0.05) is 13.0 Å². The monoisotopic (exact) mass is 369 g/mol. The minimum atomic E-state index is -0.264. The molecule has 0 spiro atoms. The van der Waals surface area contributed by atoms with E-state index in [1.807, 2.05) is 6.92 Å². The number of hydrogen-bond acceptors (Lipinski definition) is 3. The Hall–Kier alpha value is -1.06. The molecule has 1 N–H and O–H groups in total. The van der Waals surface area contributed by atoms with E-state index in [-0.39, 0.29) is 18.0 Å². The molecule has 1 atom stereocenters. The van der Waals surface area contributed by atoms with Gasteiger partial charge in [-0.3, -0.25) is 9.59 Å². The molecule has 26 heavy (non-hydrogen) atoms. The maximum Gasteiger partial charge on any atom is 0.306 e. The summed E-state index contributed by atoms with van der Waals surface area (Å²) in [4.78, 5) is 23.8. The van der Waals surface area contributed by atoms with Crippen molar-refractivity contribution >= 4 is 11.9 Å². The summed E-state index contributed by atoms with van der Waals surface area (Å²) in [5, 5.41) is 2.81. The predicted molar refractivity (Wildman–Crippen MR) is 109 cm³/mol. The van der Waals surface area contributed by atoms with Crippen LogP contribution in [0.4, 0.5) is 0 Å². The van der Waals surface area contributed by atoms with E-state index < -0.39 is 0 Å². The van der Waals surface area contributed by atoms with Crippen molar-refractivity contribution in [2.24, 2.45) is 0 Å². The second-order valence-corrected chi connectivity index (χ2v) is 7.34. The summed E-state index contributed by atoms with van der Waals surface area (Å²) in [5.74, 6) is -0.168. The molecule has 0 saturated carbocycles. The number of rotatable bonds is 18. The molecule has 0 fully saturated rings. The van der Waals surface area contributed by atoms with Crippen LogP contribution in [0.25, 0.3) is 0 Å². The van der Waals surface area contributed by atoms with Gasteiger partial charge in [0.1, 0.15) is 6.10 Å². The van der Waals surface area contributed by atoms with Crippen LogP contribution in [0.5, 0.6) is 0 Å². The van der Waals surface area contributed by atoms with Crippen molar-refractivity contribution in [2.75, 3.05) is 6.54 Å². The third kappa shape index (κ3) is 16.4. The van der Waals surface area contributed by atoms with Crippen LogP contribution >= 0.6 is 0 Å². The van der Waals surface area contributed by atoms with Crippen molar-refractivity contribution in [3.8, 4) is 0 Å².